The average Bonchev–Trinajstić information content (AvgIpc) is 2.70. The van der Waals surface area contributed by atoms with Gasteiger partial charge in [-0.15, -0.1) is 0 Å². The Kier molecular flexibility index (Phi) is 6.63. The molecule has 6 heteroatoms. The standard InChI is InChI=1S/C22H29N3O3/c1-4-27-20-11-7-5-9-18(20)23-22(26)25-15-13-24(14-16-25)19-10-6-8-12-21(19)28-17(2)3/h5-12,17H,4,13-16H2,1-3H3,(H,23,26). The minimum atomic E-state index is -0.0986. The van der Waals surface area contributed by atoms with E-state index < -0.39 is 0 Å². The maximum absolute atomic E-state index is 12.7. The lowest BCUT2D eigenvalue weighted by atomic mass is 10.2. The lowest BCUT2D eigenvalue weighted by Gasteiger charge is -2.36. The zero-order chi connectivity index (χ0) is 19.9. The molecule has 0 atom stereocenters. The number of piperazine rings is 1. The van der Waals surface area contributed by atoms with Gasteiger partial charge in [0.1, 0.15) is 11.5 Å². The Hall–Kier alpha value is -2.89. The number of nitrogens with zero attached hydrogens (tertiary/aromatic N) is 2. The van der Waals surface area contributed by atoms with Gasteiger partial charge in [0.2, 0.25) is 0 Å². The van der Waals surface area contributed by atoms with E-state index in [9.17, 15) is 4.79 Å². The molecule has 1 aliphatic rings. The summed E-state index contributed by atoms with van der Waals surface area (Å²) in [6.45, 7) is 9.37. The van der Waals surface area contributed by atoms with Crippen LogP contribution in [0.15, 0.2) is 48.5 Å². The van der Waals surface area contributed by atoms with Gasteiger partial charge in [0.15, 0.2) is 0 Å². The first kappa shape index (κ1) is 19.9. The second-order valence-electron chi connectivity index (χ2n) is 6.97. The van der Waals surface area contributed by atoms with Crippen LogP contribution in [0, 0.1) is 0 Å². The molecule has 1 N–H and O–H groups in total. The number of urea groups is 1. The van der Waals surface area contributed by atoms with Crippen molar-refractivity contribution < 1.29 is 14.3 Å². The fourth-order valence-corrected chi connectivity index (χ4v) is 3.27. The number of carbonyl (C=O) groups excluding carboxylic acids is 1. The summed E-state index contributed by atoms with van der Waals surface area (Å²) in [5.74, 6) is 1.58. The fourth-order valence-electron chi connectivity index (χ4n) is 3.27. The van der Waals surface area contributed by atoms with E-state index >= 15 is 0 Å². The first-order valence-corrected chi connectivity index (χ1v) is 9.87. The van der Waals surface area contributed by atoms with Crippen LogP contribution in [-0.4, -0.2) is 49.8 Å². The normalized spacial score (nSPS) is 14.1. The summed E-state index contributed by atoms with van der Waals surface area (Å²) >= 11 is 0. The summed E-state index contributed by atoms with van der Waals surface area (Å²) < 4.78 is 11.5. The zero-order valence-electron chi connectivity index (χ0n) is 16.9. The van der Waals surface area contributed by atoms with Crippen LogP contribution in [0.1, 0.15) is 20.8 Å². The van der Waals surface area contributed by atoms with Gasteiger partial charge >= 0.3 is 6.03 Å². The highest BCUT2D eigenvalue weighted by atomic mass is 16.5. The Balaban J connectivity index is 1.61. The summed E-state index contributed by atoms with van der Waals surface area (Å²) in [6, 6.07) is 15.5. The zero-order valence-corrected chi connectivity index (χ0v) is 16.9. The number of hydrogen-bond donors (Lipinski definition) is 1. The van der Waals surface area contributed by atoms with Gasteiger partial charge in [0.25, 0.3) is 0 Å². The number of carbonyl (C=O) groups is 1. The van der Waals surface area contributed by atoms with Gasteiger partial charge < -0.3 is 24.6 Å². The Morgan fingerprint density at radius 3 is 2.32 bits per heavy atom. The molecule has 3 rings (SSSR count). The molecule has 0 bridgehead atoms. The predicted octanol–water partition coefficient (Wildman–Crippen LogP) is 4.23. The Bertz CT molecular complexity index is 786. The molecule has 2 amide bonds. The molecular formula is C22H29N3O3. The lowest BCUT2D eigenvalue weighted by molar-refractivity contribution is 0.207. The molecule has 0 radical (unpaired) electrons. The number of para-hydroxylation sites is 4. The molecule has 2 aromatic carbocycles. The highest BCUT2D eigenvalue weighted by Gasteiger charge is 2.23. The van der Waals surface area contributed by atoms with E-state index in [4.69, 9.17) is 9.47 Å². The number of benzene rings is 2. The monoisotopic (exact) mass is 383 g/mol. The molecule has 28 heavy (non-hydrogen) atoms. The number of amides is 2. The van der Waals surface area contributed by atoms with Gasteiger partial charge in [-0.1, -0.05) is 24.3 Å². The van der Waals surface area contributed by atoms with Gasteiger partial charge in [-0.3, -0.25) is 0 Å². The first-order chi connectivity index (χ1) is 13.6. The number of nitrogens with one attached hydrogen (secondary N) is 1. The van der Waals surface area contributed by atoms with Crippen LogP contribution in [0.5, 0.6) is 11.5 Å². The number of ether oxygens (including phenoxy) is 2. The molecule has 0 spiro atoms. The number of hydrogen-bond acceptors (Lipinski definition) is 4. The van der Waals surface area contributed by atoms with Crippen LogP contribution in [0.25, 0.3) is 0 Å². The van der Waals surface area contributed by atoms with Crippen molar-refractivity contribution >= 4 is 17.4 Å². The summed E-state index contributed by atoms with van der Waals surface area (Å²) in [4.78, 5) is 16.8. The number of anilines is 2. The third kappa shape index (κ3) is 4.88. The van der Waals surface area contributed by atoms with E-state index in [1.807, 2.05) is 68.1 Å². The van der Waals surface area contributed by atoms with Crippen LogP contribution in [-0.2, 0) is 0 Å². The molecule has 6 nitrogen and oxygen atoms in total. The van der Waals surface area contributed by atoms with Gasteiger partial charge in [-0.05, 0) is 45.0 Å². The van der Waals surface area contributed by atoms with E-state index in [1.165, 1.54) is 0 Å². The van der Waals surface area contributed by atoms with Crippen LogP contribution >= 0.6 is 0 Å². The van der Waals surface area contributed by atoms with Crippen molar-refractivity contribution in [2.75, 3.05) is 43.0 Å². The van der Waals surface area contributed by atoms with Crippen molar-refractivity contribution in [2.45, 2.75) is 26.9 Å². The van der Waals surface area contributed by atoms with Crippen LogP contribution in [0.3, 0.4) is 0 Å². The summed E-state index contributed by atoms with van der Waals surface area (Å²) in [7, 11) is 0. The third-order valence-electron chi connectivity index (χ3n) is 4.56. The maximum atomic E-state index is 12.7. The number of rotatable bonds is 6. The quantitative estimate of drug-likeness (QED) is 0.811. The minimum Gasteiger partial charge on any atom is -0.492 e. The van der Waals surface area contributed by atoms with Crippen molar-refractivity contribution in [3.63, 3.8) is 0 Å². The smallest absolute Gasteiger partial charge is 0.322 e. The van der Waals surface area contributed by atoms with Gasteiger partial charge in [0.05, 0.1) is 24.1 Å². The van der Waals surface area contributed by atoms with Crippen molar-refractivity contribution in [1.82, 2.24) is 4.90 Å². The Morgan fingerprint density at radius 2 is 1.64 bits per heavy atom. The molecule has 0 aliphatic carbocycles. The van der Waals surface area contributed by atoms with Crippen molar-refractivity contribution in [1.29, 1.82) is 0 Å². The van der Waals surface area contributed by atoms with E-state index in [2.05, 4.69) is 16.3 Å². The Labute approximate surface area is 167 Å². The second kappa shape index (κ2) is 9.35. The minimum absolute atomic E-state index is 0.0986. The van der Waals surface area contributed by atoms with Crippen molar-refractivity contribution in [3.8, 4) is 11.5 Å². The van der Waals surface area contributed by atoms with Crippen molar-refractivity contribution in [2.24, 2.45) is 0 Å². The highest BCUT2D eigenvalue weighted by molar-refractivity contribution is 5.91. The fraction of sp³-hybridized carbons (Fsp3) is 0.409. The van der Waals surface area contributed by atoms with E-state index in [-0.39, 0.29) is 12.1 Å². The second-order valence-corrected chi connectivity index (χ2v) is 6.97. The SMILES string of the molecule is CCOc1ccccc1NC(=O)N1CCN(c2ccccc2OC(C)C)CC1. The van der Waals surface area contributed by atoms with Crippen LogP contribution in [0.4, 0.5) is 16.2 Å². The molecule has 1 heterocycles. The molecule has 150 valence electrons. The van der Waals surface area contributed by atoms with Gasteiger partial charge in [-0.25, -0.2) is 4.79 Å². The molecule has 1 aliphatic heterocycles. The molecule has 0 aromatic heterocycles. The van der Waals surface area contributed by atoms with E-state index in [0.717, 1.165) is 24.5 Å². The first-order valence-electron chi connectivity index (χ1n) is 9.87. The van der Waals surface area contributed by atoms with Crippen LogP contribution < -0.4 is 19.7 Å². The largest absolute Gasteiger partial charge is 0.492 e. The lowest BCUT2D eigenvalue weighted by Crippen LogP contribution is -2.50. The Morgan fingerprint density at radius 1 is 1.00 bits per heavy atom. The van der Waals surface area contributed by atoms with Gasteiger partial charge in [0, 0.05) is 26.2 Å². The average molecular weight is 383 g/mol. The molecule has 1 saturated heterocycles. The molecule has 1 fully saturated rings. The summed E-state index contributed by atoms with van der Waals surface area (Å²) in [5.41, 5.74) is 1.78. The molecule has 0 unspecified atom stereocenters. The molecular weight excluding hydrogens is 354 g/mol. The van der Waals surface area contributed by atoms with Crippen molar-refractivity contribution in [3.05, 3.63) is 48.5 Å². The maximum Gasteiger partial charge on any atom is 0.322 e. The van der Waals surface area contributed by atoms with E-state index in [0.29, 0.717) is 31.1 Å². The highest BCUT2D eigenvalue weighted by Crippen LogP contribution is 2.30. The topological polar surface area (TPSA) is 54.0 Å². The predicted molar refractivity (Wildman–Crippen MR) is 113 cm³/mol. The van der Waals surface area contributed by atoms with Crippen LogP contribution in [0.2, 0.25) is 0 Å². The summed E-state index contributed by atoms with van der Waals surface area (Å²) in [5, 5.41) is 2.98. The van der Waals surface area contributed by atoms with E-state index in [1.54, 1.807) is 0 Å². The third-order valence-corrected chi connectivity index (χ3v) is 4.56. The summed E-state index contributed by atoms with van der Waals surface area (Å²) in [6.07, 6.45) is 0.124. The van der Waals surface area contributed by atoms with Gasteiger partial charge in [-0.2, -0.15) is 0 Å². The molecule has 2 aromatic rings. The molecule has 0 saturated carbocycles.